The number of fused-ring (bicyclic) bond motifs is 7. The van der Waals surface area contributed by atoms with Gasteiger partial charge in [0.2, 0.25) is 5.91 Å². The summed E-state index contributed by atoms with van der Waals surface area (Å²) >= 11 is 0. The molecule has 1 amide bonds. The molecule has 220 valence electrons. The number of halogens is 3. The maximum atomic E-state index is 13.7. The van der Waals surface area contributed by atoms with Crippen LogP contribution in [0.15, 0.2) is 23.8 Å². The summed E-state index contributed by atoms with van der Waals surface area (Å²) in [7, 11) is 0. The zero-order valence-electron chi connectivity index (χ0n) is 24.9. The first-order chi connectivity index (χ1) is 18.4. The van der Waals surface area contributed by atoms with E-state index in [0.29, 0.717) is 12.8 Å². The average Bonchev–Trinajstić information content (AvgIpc) is 3.26. The first-order valence-corrected chi connectivity index (χ1v) is 15.1. The lowest BCUT2D eigenvalue weighted by atomic mass is 9.32. The van der Waals surface area contributed by atoms with Gasteiger partial charge in [0, 0.05) is 5.41 Å². The highest BCUT2D eigenvalue weighted by atomic mass is 19.4. The van der Waals surface area contributed by atoms with Gasteiger partial charge in [-0.1, -0.05) is 52.8 Å². The molecule has 0 spiro atoms. The van der Waals surface area contributed by atoms with E-state index >= 15 is 0 Å². The summed E-state index contributed by atoms with van der Waals surface area (Å²) in [5, 5.41) is 12.2. The molecular weight excluding hydrogens is 513 g/mol. The Morgan fingerprint density at radius 2 is 1.70 bits per heavy atom. The summed E-state index contributed by atoms with van der Waals surface area (Å²) < 4.78 is 39.4. The van der Waals surface area contributed by atoms with Crippen LogP contribution in [-0.2, 0) is 9.59 Å². The summed E-state index contributed by atoms with van der Waals surface area (Å²) in [6, 6.07) is 2.21. The predicted molar refractivity (Wildman–Crippen MR) is 148 cm³/mol. The Balaban J connectivity index is 1.56. The molecule has 4 fully saturated rings. The molecule has 5 aliphatic carbocycles. The van der Waals surface area contributed by atoms with Gasteiger partial charge >= 0.3 is 6.18 Å². The van der Waals surface area contributed by atoms with Crippen LogP contribution >= 0.6 is 0 Å². The molecule has 0 bridgehead atoms. The molecule has 0 aliphatic heterocycles. The molecule has 0 aromatic rings. The van der Waals surface area contributed by atoms with Gasteiger partial charge in [0.05, 0.1) is 11.0 Å². The van der Waals surface area contributed by atoms with Gasteiger partial charge in [-0.25, -0.2) is 0 Å². The molecule has 9 atom stereocenters. The van der Waals surface area contributed by atoms with Crippen LogP contribution < -0.4 is 5.32 Å². The SMILES string of the molecule is C=C(C)[C@@H]1CC[C@]2(C(=O)NCC(F)(F)F)CC[C@]3(C)[C@H](CCC4[C@@]5(C)C=C(C#N)C(=O)C(C)(C)[C@@H]5CC[C@]43C)[C@@H]12. The van der Waals surface area contributed by atoms with E-state index in [-0.39, 0.29) is 57.2 Å². The van der Waals surface area contributed by atoms with Crippen LogP contribution in [0, 0.1) is 68.0 Å². The van der Waals surface area contributed by atoms with Gasteiger partial charge in [-0.3, -0.25) is 9.59 Å². The van der Waals surface area contributed by atoms with E-state index in [9.17, 15) is 28.0 Å². The normalized spacial score (nSPS) is 45.6. The van der Waals surface area contributed by atoms with E-state index in [0.717, 1.165) is 44.1 Å². The van der Waals surface area contributed by atoms with E-state index in [1.54, 1.807) is 0 Å². The van der Waals surface area contributed by atoms with Gasteiger partial charge in [0.1, 0.15) is 12.6 Å². The molecule has 0 aromatic carbocycles. The summed E-state index contributed by atoms with van der Waals surface area (Å²) in [5.41, 5.74) is -0.609. The lowest BCUT2D eigenvalue weighted by Crippen LogP contribution is -2.66. The third-order valence-electron chi connectivity index (χ3n) is 13.4. The van der Waals surface area contributed by atoms with Gasteiger partial charge < -0.3 is 5.32 Å². The van der Waals surface area contributed by atoms with E-state index in [1.807, 2.05) is 26.8 Å². The third kappa shape index (κ3) is 3.76. The maximum Gasteiger partial charge on any atom is 0.405 e. The number of hydrogen-bond donors (Lipinski definition) is 1. The van der Waals surface area contributed by atoms with Crippen LogP contribution in [0.25, 0.3) is 0 Å². The Bertz CT molecular complexity index is 1210. The van der Waals surface area contributed by atoms with Crippen LogP contribution in [0.3, 0.4) is 0 Å². The van der Waals surface area contributed by atoms with Crippen LogP contribution in [0.2, 0.25) is 0 Å². The van der Waals surface area contributed by atoms with Crippen molar-refractivity contribution in [3.8, 4) is 6.07 Å². The molecular formula is C33H45F3N2O2. The summed E-state index contributed by atoms with van der Waals surface area (Å²) in [5.74, 6) is 0.210. The average molecular weight is 559 g/mol. The number of hydrogen-bond acceptors (Lipinski definition) is 3. The molecule has 40 heavy (non-hydrogen) atoms. The van der Waals surface area contributed by atoms with Crippen LogP contribution in [-0.4, -0.2) is 24.4 Å². The van der Waals surface area contributed by atoms with E-state index < -0.39 is 29.5 Å². The van der Waals surface area contributed by atoms with Gasteiger partial charge in [-0.15, -0.1) is 0 Å². The zero-order chi connectivity index (χ0) is 29.7. The Kier molecular flexibility index (Phi) is 6.58. The van der Waals surface area contributed by atoms with Crippen LogP contribution in [0.5, 0.6) is 0 Å². The highest BCUT2D eigenvalue weighted by molar-refractivity contribution is 6.04. The number of nitriles is 1. The highest BCUT2D eigenvalue weighted by Gasteiger charge is 2.72. The van der Waals surface area contributed by atoms with Crippen molar-refractivity contribution in [2.45, 2.75) is 99.1 Å². The minimum Gasteiger partial charge on any atom is -0.346 e. The van der Waals surface area contributed by atoms with Crippen molar-refractivity contribution in [2.75, 3.05) is 6.54 Å². The minimum atomic E-state index is -4.44. The quantitative estimate of drug-likeness (QED) is 0.364. The number of alkyl halides is 3. The Labute approximate surface area is 237 Å². The zero-order valence-corrected chi connectivity index (χ0v) is 24.9. The summed E-state index contributed by atoms with van der Waals surface area (Å²) in [6.07, 6.45) is 4.01. The molecule has 4 nitrogen and oxygen atoms in total. The lowest BCUT2D eigenvalue weighted by molar-refractivity contribution is -0.218. The monoisotopic (exact) mass is 558 g/mol. The number of ketones is 1. The summed E-state index contributed by atoms with van der Waals surface area (Å²) in [6.45, 7) is 16.1. The van der Waals surface area contributed by atoms with Crippen LogP contribution in [0.4, 0.5) is 13.2 Å². The molecule has 0 heterocycles. The highest BCUT2D eigenvalue weighted by Crippen LogP contribution is 2.77. The second kappa shape index (κ2) is 8.95. The van der Waals surface area contributed by atoms with Gasteiger partial charge in [0.25, 0.3) is 0 Å². The predicted octanol–water partition coefficient (Wildman–Crippen LogP) is 7.56. The van der Waals surface area contributed by atoms with Crippen molar-refractivity contribution in [1.29, 1.82) is 5.26 Å². The number of carbonyl (C=O) groups is 2. The molecule has 5 rings (SSSR count). The topological polar surface area (TPSA) is 70.0 Å². The third-order valence-corrected chi connectivity index (χ3v) is 13.4. The van der Waals surface area contributed by atoms with E-state index in [2.05, 4.69) is 38.7 Å². The fourth-order valence-electron chi connectivity index (χ4n) is 11.5. The minimum absolute atomic E-state index is 0.0325. The van der Waals surface area contributed by atoms with Crippen molar-refractivity contribution >= 4 is 11.7 Å². The molecule has 1 N–H and O–H groups in total. The Morgan fingerprint density at radius 3 is 2.30 bits per heavy atom. The molecule has 1 unspecified atom stereocenters. The van der Waals surface area contributed by atoms with Gasteiger partial charge in [0.15, 0.2) is 5.78 Å². The van der Waals surface area contributed by atoms with Gasteiger partial charge in [-0.2, -0.15) is 18.4 Å². The number of rotatable bonds is 3. The van der Waals surface area contributed by atoms with E-state index in [4.69, 9.17) is 0 Å². The van der Waals surface area contributed by atoms with Crippen molar-refractivity contribution < 1.29 is 22.8 Å². The number of amides is 1. The number of allylic oxidation sites excluding steroid dienone is 3. The van der Waals surface area contributed by atoms with Crippen molar-refractivity contribution in [2.24, 2.45) is 56.7 Å². The van der Waals surface area contributed by atoms with Crippen molar-refractivity contribution in [3.05, 3.63) is 23.8 Å². The second-order valence-corrected chi connectivity index (χ2v) is 15.2. The first kappa shape index (κ1) is 29.4. The fourth-order valence-corrected chi connectivity index (χ4v) is 11.5. The number of nitrogens with zero attached hydrogens (tertiary/aromatic N) is 1. The molecule has 0 aromatic heterocycles. The van der Waals surface area contributed by atoms with Crippen LogP contribution in [0.1, 0.15) is 92.9 Å². The number of carbonyl (C=O) groups excluding carboxylic acids is 2. The smallest absolute Gasteiger partial charge is 0.346 e. The standard InChI is InChI=1S/C33H45F3N2O2/c1-19(2)21-10-13-32(27(40)38-18-33(34,35)36)15-14-30(6)22(25(21)32)8-9-24-29(5)16-20(17-37)26(39)28(3,4)23(29)11-12-31(24,30)7/h16,21-25H,1,8-15,18H2,2-7H3,(H,38,40)/t21-,22+,23-,24?,25+,29-,30+,31+,32-/m0/s1. The molecule has 5 aliphatic rings. The Hall–Kier alpha value is -2.10. The molecule has 0 saturated heterocycles. The van der Waals surface area contributed by atoms with Crippen molar-refractivity contribution in [1.82, 2.24) is 5.32 Å². The first-order valence-electron chi connectivity index (χ1n) is 15.1. The number of nitrogens with one attached hydrogen (secondary N) is 1. The van der Waals surface area contributed by atoms with Gasteiger partial charge in [-0.05, 0) is 104 Å². The molecule has 7 heteroatoms. The second-order valence-electron chi connectivity index (χ2n) is 15.2. The fraction of sp³-hybridized carbons (Fsp3) is 0.788. The molecule has 4 saturated carbocycles. The summed E-state index contributed by atoms with van der Waals surface area (Å²) in [4.78, 5) is 26.9. The van der Waals surface area contributed by atoms with E-state index in [1.165, 1.54) is 0 Å². The lowest BCUT2D eigenvalue weighted by Gasteiger charge is -2.71. The maximum absolute atomic E-state index is 13.7. The van der Waals surface area contributed by atoms with Crippen molar-refractivity contribution in [3.63, 3.8) is 0 Å². The Morgan fingerprint density at radius 1 is 1.02 bits per heavy atom. The number of Topliss-reactive ketones (excluding diaryl/α,β-unsaturated/α-hetero) is 1. The molecule has 0 radical (unpaired) electrons. The largest absolute Gasteiger partial charge is 0.405 e.